The summed E-state index contributed by atoms with van der Waals surface area (Å²) in [5, 5.41) is 6.02. The molecule has 16 heavy (non-hydrogen) atoms. The van der Waals surface area contributed by atoms with Crippen LogP contribution in [0.4, 0.5) is 0 Å². The second kappa shape index (κ2) is 7.63. The summed E-state index contributed by atoms with van der Waals surface area (Å²) < 4.78 is 5.56. The Balaban J connectivity index is 1.99. The van der Waals surface area contributed by atoms with Crippen LogP contribution < -0.4 is 10.6 Å². The van der Waals surface area contributed by atoms with Crippen molar-refractivity contribution < 1.29 is 9.53 Å². The lowest BCUT2D eigenvalue weighted by Crippen LogP contribution is -2.39. The minimum atomic E-state index is 0.0736. The number of carbonyl (C=O) groups is 1. The molecule has 1 amide bonds. The zero-order chi connectivity index (χ0) is 11.8. The van der Waals surface area contributed by atoms with Gasteiger partial charge in [-0.2, -0.15) is 0 Å². The Morgan fingerprint density at radius 2 is 2.25 bits per heavy atom. The van der Waals surface area contributed by atoms with E-state index in [4.69, 9.17) is 4.74 Å². The molecule has 1 rings (SSSR count). The van der Waals surface area contributed by atoms with Crippen molar-refractivity contribution in [3.63, 3.8) is 0 Å². The third kappa shape index (κ3) is 6.08. The Labute approximate surface area is 98.1 Å². The zero-order valence-electron chi connectivity index (χ0n) is 10.4. The van der Waals surface area contributed by atoms with E-state index < -0.39 is 0 Å². The van der Waals surface area contributed by atoms with E-state index in [0.29, 0.717) is 18.6 Å². The topological polar surface area (TPSA) is 50.4 Å². The van der Waals surface area contributed by atoms with E-state index in [9.17, 15) is 4.79 Å². The molecule has 0 aliphatic carbocycles. The highest BCUT2D eigenvalue weighted by atomic mass is 16.5. The maximum atomic E-state index is 11.4. The summed E-state index contributed by atoms with van der Waals surface area (Å²) in [6.45, 7) is 6.97. The normalized spacial score (nSPS) is 21.1. The first-order chi connectivity index (χ1) is 7.68. The summed E-state index contributed by atoms with van der Waals surface area (Å²) >= 11 is 0. The van der Waals surface area contributed by atoms with Crippen LogP contribution in [0.2, 0.25) is 0 Å². The van der Waals surface area contributed by atoms with Crippen molar-refractivity contribution in [2.75, 3.05) is 26.2 Å². The lowest BCUT2D eigenvalue weighted by molar-refractivity contribution is -0.120. The number of nitrogens with one attached hydrogen (secondary N) is 2. The molecule has 1 saturated heterocycles. The van der Waals surface area contributed by atoms with Gasteiger partial charge in [0.1, 0.15) is 0 Å². The third-order valence-corrected chi connectivity index (χ3v) is 2.64. The number of ether oxygens (including phenoxy) is 1. The lowest BCUT2D eigenvalue weighted by atomic mass is 10.1. The van der Waals surface area contributed by atoms with E-state index in [2.05, 4.69) is 24.5 Å². The fourth-order valence-corrected chi connectivity index (χ4v) is 1.70. The van der Waals surface area contributed by atoms with E-state index in [1.54, 1.807) is 0 Å². The SMILES string of the molecule is CC(C)CNC(=O)CNCC1CCCCO1. The average Bonchev–Trinajstić information content (AvgIpc) is 2.28. The fourth-order valence-electron chi connectivity index (χ4n) is 1.70. The minimum Gasteiger partial charge on any atom is -0.377 e. The molecule has 0 radical (unpaired) electrons. The van der Waals surface area contributed by atoms with Gasteiger partial charge in [-0.1, -0.05) is 13.8 Å². The zero-order valence-corrected chi connectivity index (χ0v) is 10.4. The monoisotopic (exact) mass is 228 g/mol. The predicted octanol–water partition coefficient (Wildman–Crippen LogP) is 0.917. The smallest absolute Gasteiger partial charge is 0.233 e. The van der Waals surface area contributed by atoms with Crippen molar-refractivity contribution in [1.29, 1.82) is 0 Å². The lowest BCUT2D eigenvalue weighted by Gasteiger charge is -2.22. The molecular weight excluding hydrogens is 204 g/mol. The number of carbonyl (C=O) groups excluding carboxylic acids is 1. The summed E-state index contributed by atoms with van der Waals surface area (Å²) in [7, 11) is 0. The Kier molecular flexibility index (Phi) is 6.42. The summed E-state index contributed by atoms with van der Waals surface area (Å²) in [5.41, 5.74) is 0. The molecule has 1 atom stereocenters. The van der Waals surface area contributed by atoms with Gasteiger partial charge in [-0.25, -0.2) is 0 Å². The summed E-state index contributed by atoms with van der Waals surface area (Å²) in [5.74, 6) is 0.579. The summed E-state index contributed by atoms with van der Waals surface area (Å²) in [6, 6.07) is 0. The highest BCUT2D eigenvalue weighted by Gasteiger charge is 2.13. The molecule has 4 nitrogen and oxygen atoms in total. The van der Waals surface area contributed by atoms with Crippen LogP contribution in [0.3, 0.4) is 0 Å². The minimum absolute atomic E-state index is 0.0736. The predicted molar refractivity (Wildman–Crippen MR) is 64.3 cm³/mol. The average molecular weight is 228 g/mol. The van der Waals surface area contributed by atoms with Crippen LogP contribution in [0.25, 0.3) is 0 Å². The van der Waals surface area contributed by atoms with Crippen LogP contribution in [0.5, 0.6) is 0 Å². The molecule has 1 heterocycles. The maximum Gasteiger partial charge on any atom is 0.233 e. The van der Waals surface area contributed by atoms with Gasteiger partial charge in [0.2, 0.25) is 5.91 Å². The molecule has 0 aromatic heterocycles. The molecule has 0 aromatic rings. The van der Waals surface area contributed by atoms with Crippen LogP contribution in [0.1, 0.15) is 33.1 Å². The number of hydrogen-bond donors (Lipinski definition) is 2. The van der Waals surface area contributed by atoms with Gasteiger partial charge in [-0.3, -0.25) is 4.79 Å². The van der Waals surface area contributed by atoms with Crippen molar-refractivity contribution in [3.8, 4) is 0 Å². The summed E-state index contributed by atoms with van der Waals surface area (Å²) in [4.78, 5) is 11.4. The van der Waals surface area contributed by atoms with Gasteiger partial charge in [0.05, 0.1) is 12.6 Å². The van der Waals surface area contributed by atoms with E-state index in [1.807, 2.05) is 0 Å². The summed E-state index contributed by atoms with van der Waals surface area (Å²) in [6.07, 6.45) is 3.82. The molecule has 94 valence electrons. The Bertz CT molecular complexity index is 201. The molecule has 1 aliphatic rings. The molecule has 0 saturated carbocycles. The molecular formula is C12H24N2O2. The second-order valence-corrected chi connectivity index (χ2v) is 4.82. The maximum absolute atomic E-state index is 11.4. The Morgan fingerprint density at radius 3 is 2.88 bits per heavy atom. The highest BCUT2D eigenvalue weighted by molar-refractivity contribution is 5.77. The first-order valence-electron chi connectivity index (χ1n) is 6.27. The van der Waals surface area contributed by atoms with Gasteiger partial charge in [-0.05, 0) is 25.2 Å². The van der Waals surface area contributed by atoms with Crippen molar-refractivity contribution >= 4 is 5.91 Å². The quantitative estimate of drug-likeness (QED) is 0.710. The van der Waals surface area contributed by atoms with Gasteiger partial charge in [0.25, 0.3) is 0 Å². The van der Waals surface area contributed by atoms with E-state index in [-0.39, 0.29) is 5.91 Å². The van der Waals surface area contributed by atoms with Gasteiger partial charge in [-0.15, -0.1) is 0 Å². The standard InChI is InChI=1S/C12H24N2O2/c1-10(2)7-14-12(15)9-13-8-11-5-3-4-6-16-11/h10-11,13H,3-9H2,1-2H3,(H,14,15). The Morgan fingerprint density at radius 1 is 1.44 bits per heavy atom. The number of rotatable bonds is 6. The van der Waals surface area contributed by atoms with Crippen molar-refractivity contribution in [3.05, 3.63) is 0 Å². The molecule has 0 aromatic carbocycles. The third-order valence-electron chi connectivity index (χ3n) is 2.64. The first-order valence-corrected chi connectivity index (χ1v) is 6.27. The molecule has 2 N–H and O–H groups in total. The van der Waals surface area contributed by atoms with E-state index >= 15 is 0 Å². The van der Waals surface area contributed by atoms with Gasteiger partial charge in [0.15, 0.2) is 0 Å². The molecule has 0 bridgehead atoms. The van der Waals surface area contributed by atoms with Crippen molar-refractivity contribution in [1.82, 2.24) is 10.6 Å². The second-order valence-electron chi connectivity index (χ2n) is 4.82. The van der Waals surface area contributed by atoms with Crippen LogP contribution in [-0.4, -0.2) is 38.3 Å². The van der Waals surface area contributed by atoms with Crippen LogP contribution in [0, 0.1) is 5.92 Å². The van der Waals surface area contributed by atoms with E-state index in [1.165, 1.54) is 12.8 Å². The molecule has 0 spiro atoms. The van der Waals surface area contributed by atoms with E-state index in [0.717, 1.165) is 26.1 Å². The molecule has 1 unspecified atom stereocenters. The van der Waals surface area contributed by atoms with Gasteiger partial charge >= 0.3 is 0 Å². The molecule has 1 fully saturated rings. The van der Waals surface area contributed by atoms with Crippen molar-refractivity contribution in [2.24, 2.45) is 5.92 Å². The van der Waals surface area contributed by atoms with Crippen LogP contribution >= 0.6 is 0 Å². The highest BCUT2D eigenvalue weighted by Crippen LogP contribution is 2.11. The van der Waals surface area contributed by atoms with Crippen molar-refractivity contribution in [2.45, 2.75) is 39.2 Å². The fraction of sp³-hybridized carbons (Fsp3) is 0.917. The molecule has 1 aliphatic heterocycles. The van der Waals surface area contributed by atoms with Crippen LogP contribution in [0.15, 0.2) is 0 Å². The van der Waals surface area contributed by atoms with Crippen LogP contribution in [-0.2, 0) is 9.53 Å². The van der Waals surface area contributed by atoms with Gasteiger partial charge < -0.3 is 15.4 Å². The number of hydrogen-bond acceptors (Lipinski definition) is 3. The first kappa shape index (κ1) is 13.5. The van der Waals surface area contributed by atoms with Gasteiger partial charge in [0, 0.05) is 19.7 Å². The number of amides is 1. The molecule has 4 heteroatoms. The Hall–Kier alpha value is -0.610. The largest absolute Gasteiger partial charge is 0.377 e.